The summed E-state index contributed by atoms with van der Waals surface area (Å²) in [4.78, 5) is 10.3. The zero-order valence-corrected chi connectivity index (χ0v) is 13.1. The first kappa shape index (κ1) is 17.9. The number of carbonyl (C=O) groups is 1. The molecule has 1 rings (SSSR count). The SMILES string of the molecule is CCN(CC(F)(F)F)S(=O)(=O)c1ccc(C(=O)O)cc1Br. The van der Waals surface area contributed by atoms with Crippen molar-refractivity contribution in [3.05, 3.63) is 28.2 Å². The van der Waals surface area contributed by atoms with Gasteiger partial charge in [0, 0.05) is 11.0 Å². The van der Waals surface area contributed by atoms with E-state index in [1.807, 2.05) is 0 Å². The van der Waals surface area contributed by atoms with E-state index in [2.05, 4.69) is 15.9 Å². The summed E-state index contributed by atoms with van der Waals surface area (Å²) >= 11 is 2.88. The van der Waals surface area contributed by atoms with Crippen LogP contribution >= 0.6 is 15.9 Å². The Kier molecular flexibility index (Phi) is 5.40. The maximum atomic E-state index is 12.4. The molecule has 1 aromatic rings. The minimum atomic E-state index is -4.67. The molecule has 0 aliphatic rings. The lowest BCUT2D eigenvalue weighted by Crippen LogP contribution is -2.38. The normalized spacial score (nSPS) is 12.7. The quantitative estimate of drug-likeness (QED) is 0.839. The van der Waals surface area contributed by atoms with Gasteiger partial charge >= 0.3 is 12.1 Å². The van der Waals surface area contributed by atoms with Crippen molar-refractivity contribution in [1.29, 1.82) is 0 Å². The van der Waals surface area contributed by atoms with E-state index < -0.39 is 33.6 Å². The first-order chi connectivity index (χ1) is 9.49. The number of aromatic carboxylic acids is 1. The first-order valence-corrected chi connectivity index (χ1v) is 7.82. The molecule has 0 saturated carbocycles. The van der Waals surface area contributed by atoms with Gasteiger partial charge in [-0.1, -0.05) is 6.92 Å². The summed E-state index contributed by atoms with van der Waals surface area (Å²) < 4.78 is 61.8. The molecule has 5 nitrogen and oxygen atoms in total. The zero-order chi connectivity index (χ0) is 16.4. The van der Waals surface area contributed by atoms with Crippen LogP contribution in [0, 0.1) is 0 Å². The number of sulfonamides is 1. The van der Waals surface area contributed by atoms with Crippen molar-refractivity contribution in [2.75, 3.05) is 13.1 Å². The first-order valence-electron chi connectivity index (χ1n) is 5.58. The van der Waals surface area contributed by atoms with Gasteiger partial charge in [-0.25, -0.2) is 13.2 Å². The summed E-state index contributed by atoms with van der Waals surface area (Å²) in [5, 5.41) is 8.78. The number of nitrogens with zero attached hydrogens (tertiary/aromatic N) is 1. The minimum Gasteiger partial charge on any atom is -0.478 e. The predicted molar refractivity (Wildman–Crippen MR) is 71.6 cm³/mol. The maximum Gasteiger partial charge on any atom is 0.402 e. The molecule has 118 valence electrons. The topological polar surface area (TPSA) is 74.7 Å². The molecule has 0 aliphatic carbocycles. The van der Waals surface area contributed by atoms with Gasteiger partial charge in [0.15, 0.2) is 0 Å². The van der Waals surface area contributed by atoms with Gasteiger partial charge in [0.2, 0.25) is 10.0 Å². The van der Waals surface area contributed by atoms with Gasteiger partial charge < -0.3 is 5.11 Å². The Morgan fingerprint density at radius 3 is 2.33 bits per heavy atom. The number of halogens is 4. The van der Waals surface area contributed by atoms with Gasteiger partial charge in [-0.3, -0.25) is 0 Å². The third kappa shape index (κ3) is 4.42. The number of hydrogen-bond acceptors (Lipinski definition) is 3. The molecule has 0 aliphatic heterocycles. The van der Waals surface area contributed by atoms with Crippen molar-refractivity contribution in [1.82, 2.24) is 4.31 Å². The Hall–Kier alpha value is -1.13. The fourth-order valence-electron chi connectivity index (χ4n) is 1.55. The highest BCUT2D eigenvalue weighted by Gasteiger charge is 2.36. The fourth-order valence-corrected chi connectivity index (χ4v) is 4.02. The van der Waals surface area contributed by atoms with Crippen LogP contribution in [-0.2, 0) is 10.0 Å². The molecule has 0 radical (unpaired) electrons. The van der Waals surface area contributed by atoms with Crippen LogP contribution in [-0.4, -0.2) is 43.1 Å². The van der Waals surface area contributed by atoms with Gasteiger partial charge in [0.1, 0.15) is 6.54 Å². The number of alkyl halides is 3. The van der Waals surface area contributed by atoms with E-state index in [1.165, 1.54) is 6.92 Å². The second-order valence-electron chi connectivity index (χ2n) is 4.00. The van der Waals surface area contributed by atoms with Crippen molar-refractivity contribution < 1.29 is 31.5 Å². The third-order valence-corrected chi connectivity index (χ3v) is 5.40. The molecule has 0 bridgehead atoms. The Labute approximate surface area is 127 Å². The van der Waals surface area contributed by atoms with E-state index in [9.17, 15) is 26.4 Å². The molecule has 0 aromatic heterocycles. The Morgan fingerprint density at radius 2 is 1.95 bits per heavy atom. The lowest BCUT2D eigenvalue weighted by atomic mass is 10.2. The number of benzene rings is 1. The van der Waals surface area contributed by atoms with Crippen LogP contribution in [0.1, 0.15) is 17.3 Å². The average molecular weight is 390 g/mol. The van der Waals surface area contributed by atoms with Crippen molar-refractivity contribution >= 4 is 31.9 Å². The lowest BCUT2D eigenvalue weighted by Gasteiger charge is -2.22. The van der Waals surface area contributed by atoms with Gasteiger partial charge in [-0.15, -0.1) is 0 Å². The largest absolute Gasteiger partial charge is 0.478 e. The summed E-state index contributed by atoms with van der Waals surface area (Å²) in [6.45, 7) is -0.698. The van der Waals surface area contributed by atoms with E-state index in [4.69, 9.17) is 5.11 Å². The molecule has 0 amide bonds. The summed E-state index contributed by atoms with van der Waals surface area (Å²) in [5.74, 6) is -1.28. The second kappa shape index (κ2) is 6.32. The molecule has 0 spiro atoms. The highest BCUT2D eigenvalue weighted by molar-refractivity contribution is 9.10. The van der Waals surface area contributed by atoms with E-state index in [0.717, 1.165) is 18.2 Å². The van der Waals surface area contributed by atoms with Crippen LogP contribution in [0.2, 0.25) is 0 Å². The number of carboxylic acids is 1. The molecule has 21 heavy (non-hydrogen) atoms. The molecule has 1 aromatic carbocycles. The summed E-state index contributed by atoms with van der Waals surface area (Å²) in [5.41, 5.74) is -0.181. The van der Waals surface area contributed by atoms with Gasteiger partial charge in [-0.05, 0) is 34.1 Å². The molecule has 1 N–H and O–H groups in total. The molecule has 0 fully saturated rings. The second-order valence-corrected chi connectivity index (χ2v) is 6.76. The zero-order valence-electron chi connectivity index (χ0n) is 10.7. The highest BCUT2D eigenvalue weighted by atomic mass is 79.9. The van der Waals surface area contributed by atoms with Crippen LogP contribution in [0.15, 0.2) is 27.6 Å². The predicted octanol–water partition coefficient (Wildman–Crippen LogP) is 2.72. The summed E-state index contributed by atoms with van der Waals surface area (Å²) in [6.07, 6.45) is -4.67. The Bertz CT molecular complexity index is 645. The molecular weight excluding hydrogens is 379 g/mol. The summed E-state index contributed by atoms with van der Waals surface area (Å²) in [6, 6.07) is 3.00. The van der Waals surface area contributed by atoms with E-state index in [0.29, 0.717) is 0 Å². The van der Waals surface area contributed by atoms with Crippen molar-refractivity contribution in [2.45, 2.75) is 18.0 Å². The molecule has 0 unspecified atom stereocenters. The van der Waals surface area contributed by atoms with Gasteiger partial charge in [0.25, 0.3) is 0 Å². The van der Waals surface area contributed by atoms with Crippen LogP contribution in [0.3, 0.4) is 0 Å². The van der Waals surface area contributed by atoms with Crippen LogP contribution in [0.4, 0.5) is 13.2 Å². The third-order valence-electron chi connectivity index (χ3n) is 2.50. The molecule has 10 heteroatoms. The van der Waals surface area contributed by atoms with Gasteiger partial charge in [-0.2, -0.15) is 17.5 Å². The van der Waals surface area contributed by atoms with Crippen LogP contribution in [0.5, 0.6) is 0 Å². The fraction of sp³-hybridized carbons (Fsp3) is 0.364. The van der Waals surface area contributed by atoms with E-state index in [1.54, 1.807) is 0 Å². The standard InChI is InChI=1S/C11H11BrF3NO4S/c1-2-16(6-11(13,14)15)21(19,20)9-4-3-7(10(17)18)5-8(9)12/h3-5H,2,6H2,1H3,(H,17,18). The Balaban J connectivity index is 3.26. The Morgan fingerprint density at radius 1 is 1.38 bits per heavy atom. The lowest BCUT2D eigenvalue weighted by molar-refractivity contribution is -0.135. The molecular formula is C11H11BrF3NO4S. The van der Waals surface area contributed by atoms with Crippen molar-refractivity contribution in [2.24, 2.45) is 0 Å². The molecule has 0 saturated heterocycles. The monoisotopic (exact) mass is 389 g/mol. The smallest absolute Gasteiger partial charge is 0.402 e. The number of rotatable bonds is 5. The minimum absolute atomic E-state index is 0.108. The van der Waals surface area contributed by atoms with Crippen LogP contribution < -0.4 is 0 Å². The molecule has 0 heterocycles. The molecule has 0 atom stereocenters. The number of hydrogen-bond donors (Lipinski definition) is 1. The highest BCUT2D eigenvalue weighted by Crippen LogP contribution is 2.28. The van der Waals surface area contributed by atoms with Gasteiger partial charge in [0.05, 0.1) is 10.5 Å². The van der Waals surface area contributed by atoms with Crippen molar-refractivity contribution in [3.8, 4) is 0 Å². The summed E-state index contributed by atoms with van der Waals surface area (Å²) in [7, 11) is -4.38. The average Bonchev–Trinajstić information content (AvgIpc) is 2.34. The van der Waals surface area contributed by atoms with E-state index in [-0.39, 0.29) is 20.9 Å². The maximum absolute atomic E-state index is 12.4. The van der Waals surface area contributed by atoms with Crippen LogP contribution in [0.25, 0.3) is 0 Å². The number of carboxylic acid groups (broad SMARTS) is 1. The van der Waals surface area contributed by atoms with Crippen molar-refractivity contribution in [3.63, 3.8) is 0 Å². The van der Waals surface area contributed by atoms with E-state index >= 15 is 0 Å².